The van der Waals surface area contributed by atoms with Gasteiger partial charge in [-0.25, -0.2) is 0 Å². The van der Waals surface area contributed by atoms with Crippen LogP contribution in [0.2, 0.25) is 0 Å². The van der Waals surface area contributed by atoms with Crippen LogP contribution in [0.3, 0.4) is 0 Å². The Kier molecular flexibility index (Phi) is 5.27. The van der Waals surface area contributed by atoms with Crippen molar-refractivity contribution in [3.05, 3.63) is 23.7 Å². The fraction of sp³-hybridized carbons (Fsp3) is 0.647. The molecule has 0 saturated carbocycles. The van der Waals surface area contributed by atoms with Crippen LogP contribution in [0.25, 0.3) is 0 Å². The first-order valence-electron chi connectivity index (χ1n) is 8.02. The molecule has 1 aromatic heterocycles. The summed E-state index contributed by atoms with van der Waals surface area (Å²) < 4.78 is 5.43. The van der Waals surface area contributed by atoms with Crippen molar-refractivity contribution in [2.75, 3.05) is 6.54 Å². The van der Waals surface area contributed by atoms with E-state index in [0.717, 1.165) is 30.6 Å². The number of rotatable bonds is 5. The topological polar surface area (TPSA) is 71.3 Å². The monoisotopic (exact) mass is 306 g/mol. The molecule has 1 unspecified atom stereocenters. The zero-order valence-corrected chi connectivity index (χ0v) is 13.7. The summed E-state index contributed by atoms with van der Waals surface area (Å²) in [7, 11) is 0. The van der Waals surface area contributed by atoms with E-state index in [-0.39, 0.29) is 23.3 Å². The summed E-state index contributed by atoms with van der Waals surface area (Å²) in [5.74, 6) is 1.04. The molecule has 122 valence electrons. The van der Waals surface area contributed by atoms with Gasteiger partial charge in [0.1, 0.15) is 5.76 Å². The lowest BCUT2D eigenvalue weighted by atomic mass is 9.93. The molecule has 5 heteroatoms. The molecule has 1 heterocycles. The van der Waals surface area contributed by atoms with Crippen LogP contribution in [0.15, 0.2) is 16.7 Å². The summed E-state index contributed by atoms with van der Waals surface area (Å²) in [6, 6.07) is 2.02. The van der Waals surface area contributed by atoms with Crippen LogP contribution in [0, 0.1) is 5.41 Å². The highest BCUT2D eigenvalue weighted by molar-refractivity contribution is 5.81. The van der Waals surface area contributed by atoms with Gasteiger partial charge in [0.25, 0.3) is 0 Å². The molecule has 2 amide bonds. The highest BCUT2D eigenvalue weighted by Crippen LogP contribution is 2.30. The van der Waals surface area contributed by atoms with Gasteiger partial charge in [-0.05, 0) is 25.3 Å². The molecule has 2 rings (SSSR count). The van der Waals surface area contributed by atoms with Crippen LogP contribution >= 0.6 is 0 Å². The van der Waals surface area contributed by atoms with Gasteiger partial charge in [0.2, 0.25) is 11.8 Å². The minimum absolute atomic E-state index is 0.0169. The SMILES string of the molecule is CC(C)(C)C(=O)NCCCC(=O)NC1CCCc2occc21. The quantitative estimate of drug-likeness (QED) is 0.822. The number of fused-ring (bicyclic) bond motifs is 1. The number of hydrogen-bond acceptors (Lipinski definition) is 3. The molecule has 0 fully saturated rings. The predicted octanol–water partition coefficient (Wildman–Crippen LogP) is 2.72. The smallest absolute Gasteiger partial charge is 0.225 e. The van der Waals surface area contributed by atoms with Crippen molar-refractivity contribution in [3.8, 4) is 0 Å². The van der Waals surface area contributed by atoms with Gasteiger partial charge in [-0.1, -0.05) is 20.8 Å². The molecular formula is C17H26N2O3. The summed E-state index contributed by atoms with van der Waals surface area (Å²) in [5, 5.41) is 5.93. The Bertz CT molecular complexity index is 528. The first kappa shape index (κ1) is 16.6. The van der Waals surface area contributed by atoms with Crippen molar-refractivity contribution in [2.24, 2.45) is 5.41 Å². The lowest BCUT2D eigenvalue weighted by Crippen LogP contribution is -2.36. The van der Waals surface area contributed by atoms with E-state index in [1.807, 2.05) is 26.8 Å². The van der Waals surface area contributed by atoms with Crippen molar-refractivity contribution < 1.29 is 14.0 Å². The fourth-order valence-electron chi connectivity index (χ4n) is 2.62. The number of nitrogens with one attached hydrogen (secondary N) is 2. The number of carbonyl (C=O) groups excluding carboxylic acids is 2. The van der Waals surface area contributed by atoms with Gasteiger partial charge in [0.15, 0.2) is 0 Å². The predicted molar refractivity (Wildman–Crippen MR) is 84.2 cm³/mol. The molecule has 1 atom stereocenters. The number of carbonyl (C=O) groups is 2. The molecule has 0 spiro atoms. The normalized spacial score (nSPS) is 17.7. The van der Waals surface area contributed by atoms with Crippen LogP contribution in [0.5, 0.6) is 0 Å². The maximum Gasteiger partial charge on any atom is 0.225 e. The highest BCUT2D eigenvalue weighted by Gasteiger charge is 2.24. The maximum atomic E-state index is 12.0. The van der Waals surface area contributed by atoms with Crippen molar-refractivity contribution in [1.82, 2.24) is 10.6 Å². The van der Waals surface area contributed by atoms with Crippen molar-refractivity contribution in [2.45, 2.75) is 58.9 Å². The van der Waals surface area contributed by atoms with E-state index in [9.17, 15) is 9.59 Å². The van der Waals surface area contributed by atoms with E-state index < -0.39 is 0 Å². The Labute approximate surface area is 131 Å². The maximum absolute atomic E-state index is 12.0. The Morgan fingerprint density at radius 3 is 2.86 bits per heavy atom. The zero-order valence-electron chi connectivity index (χ0n) is 13.7. The first-order valence-corrected chi connectivity index (χ1v) is 8.02. The van der Waals surface area contributed by atoms with Gasteiger partial charge in [-0.3, -0.25) is 9.59 Å². The molecule has 0 aliphatic heterocycles. The Morgan fingerprint density at radius 2 is 2.14 bits per heavy atom. The molecule has 1 aliphatic carbocycles. The molecule has 1 aromatic rings. The van der Waals surface area contributed by atoms with Gasteiger partial charge in [-0.2, -0.15) is 0 Å². The second-order valence-corrected chi connectivity index (χ2v) is 6.92. The van der Waals surface area contributed by atoms with Gasteiger partial charge >= 0.3 is 0 Å². The number of aryl methyl sites for hydroxylation is 1. The number of amides is 2. The van der Waals surface area contributed by atoms with Gasteiger partial charge in [-0.15, -0.1) is 0 Å². The minimum atomic E-state index is -0.387. The molecule has 2 N–H and O–H groups in total. The molecule has 0 saturated heterocycles. The third-order valence-corrected chi connectivity index (χ3v) is 3.93. The Hall–Kier alpha value is -1.78. The Balaban J connectivity index is 1.70. The first-order chi connectivity index (χ1) is 10.4. The van der Waals surface area contributed by atoms with E-state index in [4.69, 9.17) is 4.42 Å². The summed E-state index contributed by atoms with van der Waals surface area (Å²) in [5.41, 5.74) is 0.725. The number of furan rings is 1. The average Bonchev–Trinajstić information content (AvgIpc) is 2.91. The molecule has 0 bridgehead atoms. The van der Waals surface area contributed by atoms with Gasteiger partial charge in [0, 0.05) is 30.4 Å². The van der Waals surface area contributed by atoms with Crippen LogP contribution in [0.4, 0.5) is 0 Å². The largest absolute Gasteiger partial charge is 0.469 e. The van der Waals surface area contributed by atoms with Crippen LogP contribution < -0.4 is 10.6 Å². The van der Waals surface area contributed by atoms with Crippen molar-refractivity contribution in [1.29, 1.82) is 0 Å². The third-order valence-electron chi connectivity index (χ3n) is 3.93. The zero-order chi connectivity index (χ0) is 16.2. The van der Waals surface area contributed by atoms with Gasteiger partial charge in [0.05, 0.1) is 12.3 Å². The summed E-state index contributed by atoms with van der Waals surface area (Å²) in [6.07, 6.45) is 5.71. The van der Waals surface area contributed by atoms with Crippen molar-refractivity contribution in [3.63, 3.8) is 0 Å². The standard InChI is InChI=1S/C17H26N2O3/c1-17(2,3)16(21)18-10-5-8-15(20)19-13-6-4-7-14-12(13)9-11-22-14/h9,11,13H,4-8,10H2,1-3H3,(H,18,21)(H,19,20). The lowest BCUT2D eigenvalue weighted by molar-refractivity contribution is -0.128. The van der Waals surface area contributed by atoms with E-state index in [2.05, 4.69) is 10.6 Å². The summed E-state index contributed by atoms with van der Waals surface area (Å²) in [6.45, 7) is 6.16. The lowest BCUT2D eigenvalue weighted by Gasteiger charge is -2.22. The van der Waals surface area contributed by atoms with Gasteiger partial charge < -0.3 is 15.1 Å². The molecule has 0 aromatic carbocycles. The van der Waals surface area contributed by atoms with Crippen LogP contribution in [-0.4, -0.2) is 18.4 Å². The second kappa shape index (κ2) is 6.99. The molecular weight excluding hydrogens is 280 g/mol. The highest BCUT2D eigenvalue weighted by atomic mass is 16.3. The van der Waals surface area contributed by atoms with E-state index >= 15 is 0 Å². The van der Waals surface area contributed by atoms with Crippen LogP contribution in [-0.2, 0) is 16.0 Å². The molecule has 1 aliphatic rings. The van der Waals surface area contributed by atoms with Crippen molar-refractivity contribution >= 4 is 11.8 Å². The van der Waals surface area contributed by atoms with Crippen LogP contribution in [0.1, 0.15) is 63.8 Å². The van der Waals surface area contributed by atoms with E-state index in [1.54, 1.807) is 6.26 Å². The fourth-order valence-corrected chi connectivity index (χ4v) is 2.62. The third kappa shape index (κ3) is 4.36. The van der Waals surface area contributed by atoms with E-state index in [1.165, 1.54) is 0 Å². The molecule has 5 nitrogen and oxygen atoms in total. The molecule has 22 heavy (non-hydrogen) atoms. The number of hydrogen-bond donors (Lipinski definition) is 2. The molecule has 0 radical (unpaired) electrons. The minimum Gasteiger partial charge on any atom is -0.469 e. The Morgan fingerprint density at radius 1 is 1.36 bits per heavy atom. The summed E-state index contributed by atoms with van der Waals surface area (Å²) in [4.78, 5) is 23.7. The average molecular weight is 306 g/mol. The van der Waals surface area contributed by atoms with E-state index in [0.29, 0.717) is 19.4 Å². The summed E-state index contributed by atoms with van der Waals surface area (Å²) >= 11 is 0. The second-order valence-electron chi connectivity index (χ2n) is 6.92.